The largest absolute Gasteiger partial charge is 0.478 e. The van der Waals surface area contributed by atoms with Gasteiger partial charge in [-0.25, -0.2) is 4.79 Å². The Hall–Kier alpha value is -1.57. The van der Waals surface area contributed by atoms with Crippen LogP contribution in [0.4, 0.5) is 0 Å². The summed E-state index contributed by atoms with van der Waals surface area (Å²) in [7, 11) is 0. The SMILES string of the molecule is CC.CC1CCC(c2ccc(/C=C/C(=O)O)cc2)CC1. The molecule has 1 N–H and O–H groups in total. The third kappa shape index (κ3) is 5.20. The van der Waals surface area contributed by atoms with Crippen molar-refractivity contribution in [3.05, 3.63) is 41.5 Å². The molecular formula is C18H26O2. The van der Waals surface area contributed by atoms with Crippen molar-refractivity contribution in [3.8, 4) is 0 Å². The van der Waals surface area contributed by atoms with Gasteiger partial charge in [0.2, 0.25) is 0 Å². The van der Waals surface area contributed by atoms with E-state index in [2.05, 4.69) is 19.1 Å². The van der Waals surface area contributed by atoms with Crippen LogP contribution in [0.15, 0.2) is 30.3 Å². The first-order valence-electron chi connectivity index (χ1n) is 7.66. The smallest absolute Gasteiger partial charge is 0.328 e. The molecule has 2 nitrogen and oxygen atoms in total. The number of rotatable bonds is 3. The minimum atomic E-state index is -0.902. The first kappa shape index (κ1) is 16.5. The molecule has 0 aromatic heterocycles. The molecule has 1 aromatic carbocycles. The molecule has 1 aliphatic rings. The fourth-order valence-corrected chi connectivity index (χ4v) is 2.64. The molecule has 1 saturated carbocycles. The van der Waals surface area contributed by atoms with E-state index in [9.17, 15) is 4.79 Å². The van der Waals surface area contributed by atoms with Crippen LogP contribution in [0.5, 0.6) is 0 Å². The van der Waals surface area contributed by atoms with Gasteiger partial charge in [-0.3, -0.25) is 0 Å². The molecule has 0 saturated heterocycles. The molecular weight excluding hydrogens is 248 g/mol. The molecule has 2 heteroatoms. The molecule has 0 spiro atoms. The van der Waals surface area contributed by atoms with Gasteiger partial charge < -0.3 is 5.11 Å². The van der Waals surface area contributed by atoms with Gasteiger partial charge in [0, 0.05) is 6.08 Å². The molecule has 0 bridgehead atoms. The van der Waals surface area contributed by atoms with Crippen LogP contribution in [-0.2, 0) is 4.79 Å². The lowest BCUT2D eigenvalue weighted by Gasteiger charge is -2.26. The van der Waals surface area contributed by atoms with Crippen LogP contribution in [-0.4, -0.2) is 11.1 Å². The Morgan fingerprint density at radius 3 is 2.15 bits per heavy atom. The number of carboxylic acids is 1. The van der Waals surface area contributed by atoms with Crippen LogP contribution in [0.2, 0.25) is 0 Å². The predicted molar refractivity (Wildman–Crippen MR) is 84.8 cm³/mol. The van der Waals surface area contributed by atoms with Gasteiger partial charge in [0.25, 0.3) is 0 Å². The number of hydrogen-bond donors (Lipinski definition) is 1. The third-order valence-corrected chi connectivity index (χ3v) is 3.84. The van der Waals surface area contributed by atoms with E-state index in [-0.39, 0.29) is 0 Å². The van der Waals surface area contributed by atoms with E-state index in [0.717, 1.165) is 11.5 Å². The summed E-state index contributed by atoms with van der Waals surface area (Å²) in [6.07, 6.45) is 8.03. The van der Waals surface area contributed by atoms with E-state index < -0.39 is 5.97 Å². The van der Waals surface area contributed by atoms with Crippen molar-refractivity contribution >= 4 is 12.0 Å². The van der Waals surface area contributed by atoms with Gasteiger partial charge in [-0.1, -0.05) is 57.9 Å². The van der Waals surface area contributed by atoms with Crippen LogP contribution in [0.1, 0.15) is 63.5 Å². The van der Waals surface area contributed by atoms with E-state index in [1.807, 2.05) is 26.0 Å². The highest BCUT2D eigenvalue weighted by molar-refractivity contribution is 5.85. The Labute approximate surface area is 122 Å². The van der Waals surface area contributed by atoms with Crippen molar-refractivity contribution in [1.29, 1.82) is 0 Å². The highest BCUT2D eigenvalue weighted by atomic mass is 16.4. The number of benzene rings is 1. The molecule has 0 unspecified atom stereocenters. The van der Waals surface area contributed by atoms with Gasteiger partial charge in [0.15, 0.2) is 0 Å². The predicted octanol–water partition coefficient (Wildman–Crippen LogP) is 5.10. The Morgan fingerprint density at radius 1 is 1.10 bits per heavy atom. The normalized spacial score (nSPS) is 22.1. The van der Waals surface area contributed by atoms with Crippen LogP contribution >= 0.6 is 0 Å². The molecule has 2 rings (SSSR count). The maximum absolute atomic E-state index is 10.4. The second-order valence-electron chi connectivity index (χ2n) is 5.30. The van der Waals surface area contributed by atoms with Crippen LogP contribution < -0.4 is 0 Å². The van der Waals surface area contributed by atoms with Crippen molar-refractivity contribution in [2.24, 2.45) is 5.92 Å². The van der Waals surface area contributed by atoms with Crippen molar-refractivity contribution < 1.29 is 9.90 Å². The lowest BCUT2D eigenvalue weighted by Crippen LogP contribution is -2.10. The van der Waals surface area contributed by atoms with Gasteiger partial charge in [-0.15, -0.1) is 0 Å². The zero-order valence-corrected chi connectivity index (χ0v) is 12.8. The fourth-order valence-electron chi connectivity index (χ4n) is 2.64. The summed E-state index contributed by atoms with van der Waals surface area (Å²) in [5.41, 5.74) is 2.35. The first-order chi connectivity index (χ1) is 9.65. The van der Waals surface area contributed by atoms with Crippen LogP contribution in [0.3, 0.4) is 0 Å². The Bertz CT molecular complexity index is 423. The molecule has 20 heavy (non-hydrogen) atoms. The van der Waals surface area contributed by atoms with Gasteiger partial charge in [0.1, 0.15) is 0 Å². The molecule has 0 heterocycles. The summed E-state index contributed by atoms with van der Waals surface area (Å²) in [5.74, 6) is 0.665. The quantitative estimate of drug-likeness (QED) is 0.778. The lowest BCUT2D eigenvalue weighted by atomic mass is 9.79. The van der Waals surface area contributed by atoms with Crippen molar-refractivity contribution in [3.63, 3.8) is 0 Å². The summed E-state index contributed by atoms with van der Waals surface area (Å²) < 4.78 is 0. The van der Waals surface area contributed by atoms with E-state index in [4.69, 9.17) is 5.11 Å². The van der Waals surface area contributed by atoms with Gasteiger partial charge >= 0.3 is 5.97 Å². The summed E-state index contributed by atoms with van der Waals surface area (Å²) in [6, 6.07) is 8.30. The summed E-state index contributed by atoms with van der Waals surface area (Å²) in [5, 5.41) is 8.57. The number of aliphatic carboxylic acids is 1. The Morgan fingerprint density at radius 2 is 1.65 bits per heavy atom. The minimum absolute atomic E-state index is 0.693. The van der Waals surface area contributed by atoms with E-state index in [1.54, 1.807) is 6.08 Å². The number of carboxylic acid groups (broad SMARTS) is 1. The number of carbonyl (C=O) groups is 1. The van der Waals surface area contributed by atoms with Crippen molar-refractivity contribution in [1.82, 2.24) is 0 Å². The monoisotopic (exact) mass is 274 g/mol. The molecule has 0 radical (unpaired) electrons. The maximum atomic E-state index is 10.4. The lowest BCUT2D eigenvalue weighted by molar-refractivity contribution is -0.131. The zero-order chi connectivity index (χ0) is 15.0. The highest BCUT2D eigenvalue weighted by Crippen LogP contribution is 2.35. The maximum Gasteiger partial charge on any atom is 0.328 e. The molecule has 0 atom stereocenters. The van der Waals surface area contributed by atoms with E-state index in [1.165, 1.54) is 37.3 Å². The molecule has 110 valence electrons. The van der Waals surface area contributed by atoms with E-state index >= 15 is 0 Å². The second-order valence-corrected chi connectivity index (χ2v) is 5.30. The third-order valence-electron chi connectivity index (χ3n) is 3.84. The van der Waals surface area contributed by atoms with Crippen LogP contribution in [0, 0.1) is 5.92 Å². The van der Waals surface area contributed by atoms with Crippen molar-refractivity contribution in [2.45, 2.75) is 52.4 Å². The minimum Gasteiger partial charge on any atom is -0.478 e. The van der Waals surface area contributed by atoms with Gasteiger partial charge in [0.05, 0.1) is 0 Å². The standard InChI is InChI=1S/C16H20O2.C2H6/c1-12-2-7-14(8-3-12)15-9-4-13(5-10-15)6-11-16(17)18;1-2/h4-6,9-12,14H,2-3,7-8H2,1H3,(H,17,18);1-2H3/b11-6+;. The number of hydrogen-bond acceptors (Lipinski definition) is 1. The fraction of sp³-hybridized carbons (Fsp3) is 0.500. The summed E-state index contributed by atoms with van der Waals surface area (Å²) in [6.45, 7) is 6.33. The average molecular weight is 274 g/mol. The second kappa shape index (κ2) is 8.57. The Kier molecular flexibility index (Phi) is 7.06. The first-order valence-corrected chi connectivity index (χ1v) is 7.66. The van der Waals surface area contributed by atoms with Crippen LogP contribution in [0.25, 0.3) is 6.08 Å². The molecule has 0 amide bonds. The Balaban J connectivity index is 0.000000956. The highest BCUT2D eigenvalue weighted by Gasteiger charge is 2.19. The van der Waals surface area contributed by atoms with Crippen molar-refractivity contribution in [2.75, 3.05) is 0 Å². The van der Waals surface area contributed by atoms with E-state index in [0.29, 0.717) is 5.92 Å². The molecule has 0 aliphatic heterocycles. The summed E-state index contributed by atoms with van der Waals surface area (Å²) in [4.78, 5) is 10.4. The molecule has 1 fully saturated rings. The topological polar surface area (TPSA) is 37.3 Å². The molecule has 1 aliphatic carbocycles. The molecule has 1 aromatic rings. The summed E-state index contributed by atoms with van der Waals surface area (Å²) >= 11 is 0. The average Bonchev–Trinajstić information content (AvgIpc) is 2.49. The van der Waals surface area contributed by atoms with Gasteiger partial charge in [-0.05, 0) is 41.9 Å². The van der Waals surface area contributed by atoms with Gasteiger partial charge in [-0.2, -0.15) is 0 Å². The zero-order valence-electron chi connectivity index (χ0n) is 12.8.